The highest BCUT2D eigenvalue weighted by Crippen LogP contribution is 2.16. The second-order valence-electron chi connectivity index (χ2n) is 4.24. The van der Waals surface area contributed by atoms with Gasteiger partial charge in [0.1, 0.15) is 5.76 Å². The topological polar surface area (TPSA) is 45.5 Å². The van der Waals surface area contributed by atoms with E-state index in [-0.39, 0.29) is 5.91 Å². The van der Waals surface area contributed by atoms with Gasteiger partial charge in [0, 0.05) is 13.1 Å². The Balaban J connectivity index is 1.71. The highest BCUT2D eigenvalue weighted by Gasteiger charge is 2.15. The Morgan fingerprint density at radius 3 is 2.82 bits per heavy atom. The largest absolute Gasteiger partial charge is 0.467 e. The summed E-state index contributed by atoms with van der Waals surface area (Å²) in [6, 6.07) is 1.85. The number of amides is 1. The van der Waals surface area contributed by atoms with E-state index in [9.17, 15) is 4.79 Å². The van der Waals surface area contributed by atoms with Crippen LogP contribution in [0.4, 0.5) is 0 Å². The van der Waals surface area contributed by atoms with Crippen LogP contribution in [0.15, 0.2) is 21.2 Å². The molecular weight excluding hydrogens is 284 g/mol. The van der Waals surface area contributed by atoms with Crippen LogP contribution in [0.1, 0.15) is 25.0 Å². The third-order valence-corrected chi connectivity index (χ3v) is 3.67. The molecule has 2 heterocycles. The Morgan fingerprint density at radius 2 is 2.18 bits per heavy atom. The van der Waals surface area contributed by atoms with Crippen LogP contribution in [-0.4, -0.2) is 30.4 Å². The van der Waals surface area contributed by atoms with Crippen LogP contribution in [0.2, 0.25) is 0 Å². The number of furan rings is 1. The fourth-order valence-electron chi connectivity index (χ4n) is 1.99. The van der Waals surface area contributed by atoms with Crippen molar-refractivity contribution in [1.82, 2.24) is 10.2 Å². The zero-order valence-corrected chi connectivity index (χ0v) is 11.3. The van der Waals surface area contributed by atoms with Crippen LogP contribution in [0.3, 0.4) is 0 Å². The molecule has 0 radical (unpaired) electrons. The molecule has 1 aliphatic heterocycles. The van der Waals surface area contributed by atoms with Crippen molar-refractivity contribution in [2.75, 3.05) is 19.6 Å². The van der Waals surface area contributed by atoms with Gasteiger partial charge in [-0.1, -0.05) is 0 Å². The minimum Gasteiger partial charge on any atom is -0.467 e. The van der Waals surface area contributed by atoms with Crippen molar-refractivity contribution in [2.24, 2.45) is 0 Å². The molecule has 0 atom stereocenters. The Bertz CT molecular complexity index is 372. The second kappa shape index (κ2) is 6.21. The number of piperidine rings is 1. The van der Waals surface area contributed by atoms with Gasteiger partial charge in [-0.2, -0.15) is 0 Å². The Kier molecular flexibility index (Phi) is 4.62. The van der Waals surface area contributed by atoms with Gasteiger partial charge >= 0.3 is 0 Å². The highest BCUT2D eigenvalue weighted by molar-refractivity contribution is 9.10. The number of nitrogens with zero attached hydrogens (tertiary/aromatic N) is 1. The van der Waals surface area contributed by atoms with Crippen molar-refractivity contribution in [3.63, 3.8) is 0 Å². The third kappa shape index (κ3) is 3.57. The summed E-state index contributed by atoms with van der Waals surface area (Å²) in [6.07, 6.45) is 5.15. The summed E-state index contributed by atoms with van der Waals surface area (Å²) < 4.78 is 6.20. The molecule has 1 aromatic heterocycles. The molecule has 0 saturated carbocycles. The molecule has 94 valence electrons. The summed E-state index contributed by atoms with van der Waals surface area (Å²) in [6.45, 7) is 2.77. The highest BCUT2D eigenvalue weighted by atomic mass is 79.9. The maximum atomic E-state index is 11.8. The minimum atomic E-state index is 0.187. The normalized spacial score (nSPS) is 16.2. The SMILES string of the molecule is O=C(CNCc1occc1Br)N1CCCCC1. The van der Waals surface area contributed by atoms with Crippen molar-refractivity contribution in [3.8, 4) is 0 Å². The van der Waals surface area contributed by atoms with E-state index in [0.717, 1.165) is 36.2 Å². The van der Waals surface area contributed by atoms with Crippen LogP contribution >= 0.6 is 15.9 Å². The van der Waals surface area contributed by atoms with E-state index < -0.39 is 0 Å². The summed E-state index contributed by atoms with van der Waals surface area (Å²) in [7, 11) is 0. The molecule has 0 spiro atoms. The van der Waals surface area contributed by atoms with Gasteiger partial charge in [0.25, 0.3) is 0 Å². The zero-order chi connectivity index (χ0) is 12.1. The molecule has 4 nitrogen and oxygen atoms in total. The lowest BCUT2D eigenvalue weighted by atomic mass is 10.1. The van der Waals surface area contributed by atoms with Crippen molar-refractivity contribution >= 4 is 21.8 Å². The number of carbonyl (C=O) groups is 1. The van der Waals surface area contributed by atoms with E-state index in [2.05, 4.69) is 21.2 Å². The number of halogens is 1. The summed E-state index contributed by atoms with van der Waals surface area (Å²) in [5, 5.41) is 3.11. The van der Waals surface area contributed by atoms with Crippen molar-refractivity contribution in [3.05, 3.63) is 22.6 Å². The molecular formula is C12H17BrN2O2. The lowest BCUT2D eigenvalue weighted by Crippen LogP contribution is -2.40. The van der Waals surface area contributed by atoms with Crippen LogP contribution in [0.5, 0.6) is 0 Å². The van der Waals surface area contributed by atoms with Crippen LogP contribution in [0, 0.1) is 0 Å². The molecule has 17 heavy (non-hydrogen) atoms. The van der Waals surface area contributed by atoms with Crippen LogP contribution in [0.25, 0.3) is 0 Å². The predicted octanol–water partition coefficient (Wildman–Crippen LogP) is 2.14. The van der Waals surface area contributed by atoms with E-state index in [1.165, 1.54) is 6.42 Å². The third-order valence-electron chi connectivity index (χ3n) is 2.96. The lowest BCUT2D eigenvalue weighted by Gasteiger charge is -2.26. The molecule has 1 N–H and O–H groups in total. The molecule has 1 fully saturated rings. The van der Waals surface area contributed by atoms with Gasteiger partial charge in [0.2, 0.25) is 5.91 Å². The maximum absolute atomic E-state index is 11.8. The van der Waals surface area contributed by atoms with E-state index >= 15 is 0 Å². The lowest BCUT2D eigenvalue weighted by molar-refractivity contribution is -0.131. The van der Waals surface area contributed by atoms with Crippen molar-refractivity contribution < 1.29 is 9.21 Å². The van der Waals surface area contributed by atoms with Crippen LogP contribution in [-0.2, 0) is 11.3 Å². The molecule has 2 rings (SSSR count). The van der Waals surface area contributed by atoms with Gasteiger partial charge < -0.3 is 14.6 Å². The van der Waals surface area contributed by atoms with E-state index in [4.69, 9.17) is 4.42 Å². The summed E-state index contributed by atoms with van der Waals surface area (Å²) in [5.41, 5.74) is 0. The molecule has 1 amide bonds. The zero-order valence-electron chi connectivity index (χ0n) is 9.75. The maximum Gasteiger partial charge on any atom is 0.236 e. The predicted molar refractivity (Wildman–Crippen MR) is 68.5 cm³/mol. The number of likely N-dealkylation sites (tertiary alicyclic amines) is 1. The first-order valence-corrected chi connectivity index (χ1v) is 6.77. The monoisotopic (exact) mass is 300 g/mol. The van der Waals surface area contributed by atoms with Gasteiger partial charge in [-0.3, -0.25) is 4.79 Å². The number of carbonyl (C=O) groups excluding carboxylic acids is 1. The quantitative estimate of drug-likeness (QED) is 0.927. The molecule has 1 aliphatic rings. The van der Waals surface area contributed by atoms with Crippen LogP contribution < -0.4 is 5.32 Å². The summed E-state index contributed by atoms with van der Waals surface area (Å²) in [5.74, 6) is 1.02. The average Bonchev–Trinajstić information content (AvgIpc) is 2.76. The molecule has 0 unspecified atom stereocenters. The van der Waals surface area contributed by atoms with Gasteiger partial charge in [0.05, 0.1) is 23.8 Å². The number of rotatable bonds is 4. The number of hydrogen-bond acceptors (Lipinski definition) is 3. The fraction of sp³-hybridized carbons (Fsp3) is 0.583. The Labute approximate surface area is 109 Å². The first kappa shape index (κ1) is 12.6. The smallest absolute Gasteiger partial charge is 0.236 e. The minimum absolute atomic E-state index is 0.187. The van der Waals surface area contributed by atoms with E-state index in [0.29, 0.717) is 13.1 Å². The van der Waals surface area contributed by atoms with Gasteiger partial charge in [-0.05, 0) is 41.3 Å². The first-order chi connectivity index (χ1) is 8.27. The number of nitrogens with one attached hydrogen (secondary N) is 1. The summed E-state index contributed by atoms with van der Waals surface area (Å²) >= 11 is 3.38. The molecule has 0 bridgehead atoms. The summed E-state index contributed by atoms with van der Waals surface area (Å²) in [4.78, 5) is 13.8. The first-order valence-electron chi connectivity index (χ1n) is 5.98. The molecule has 0 aromatic carbocycles. The Morgan fingerprint density at radius 1 is 1.41 bits per heavy atom. The number of hydrogen-bond donors (Lipinski definition) is 1. The second-order valence-corrected chi connectivity index (χ2v) is 5.09. The Hall–Kier alpha value is -0.810. The average molecular weight is 301 g/mol. The van der Waals surface area contributed by atoms with E-state index in [1.807, 2.05) is 11.0 Å². The molecule has 1 saturated heterocycles. The van der Waals surface area contributed by atoms with Crippen molar-refractivity contribution in [1.29, 1.82) is 0 Å². The molecule has 1 aromatic rings. The molecule has 5 heteroatoms. The van der Waals surface area contributed by atoms with Gasteiger partial charge in [0.15, 0.2) is 0 Å². The fourth-order valence-corrected chi connectivity index (χ4v) is 2.33. The van der Waals surface area contributed by atoms with Gasteiger partial charge in [-0.15, -0.1) is 0 Å². The molecule has 0 aliphatic carbocycles. The van der Waals surface area contributed by atoms with Crippen molar-refractivity contribution in [2.45, 2.75) is 25.8 Å². The van der Waals surface area contributed by atoms with Gasteiger partial charge in [-0.25, -0.2) is 0 Å². The van der Waals surface area contributed by atoms with E-state index in [1.54, 1.807) is 6.26 Å². The standard InChI is InChI=1S/C12H17BrN2O2/c13-10-4-7-17-11(10)8-14-9-12(16)15-5-2-1-3-6-15/h4,7,14H,1-3,5-6,8-9H2.